The molecule has 4 aromatic heterocycles. The van der Waals surface area contributed by atoms with E-state index in [1.807, 2.05) is 11.3 Å². The van der Waals surface area contributed by atoms with Crippen LogP contribution in [0.3, 0.4) is 0 Å². The molecule has 4 heterocycles. The Kier molecular flexibility index (Phi) is 8.08. The summed E-state index contributed by atoms with van der Waals surface area (Å²) in [5.41, 5.74) is 15.1. The molecule has 0 saturated carbocycles. The molecule has 0 aliphatic carbocycles. The lowest BCUT2D eigenvalue weighted by Crippen LogP contribution is -2.00. The van der Waals surface area contributed by atoms with Gasteiger partial charge in [-0.25, -0.2) is 4.98 Å². The van der Waals surface area contributed by atoms with Gasteiger partial charge in [0.1, 0.15) is 5.82 Å². The van der Waals surface area contributed by atoms with Gasteiger partial charge < -0.3 is 4.57 Å². The summed E-state index contributed by atoms with van der Waals surface area (Å²) in [5, 5.41) is 7.50. The number of nitrogens with zero attached hydrogens (tertiary/aromatic N) is 3. The second-order valence-corrected chi connectivity index (χ2v) is 17.4. The lowest BCUT2D eigenvalue weighted by atomic mass is 9.96. The standard InChI is InChI=1S/C59H37N3S/c1-4-16-38(17-5-1)42-36-51(39-18-6-2-7-19-39)60-57(37-42)62-53-28-13-11-23-47(53)49-34-40(30-32-54(49)62)44-24-15-29-56-58(44)50-35-41(31-33-55(50)63-56)45-25-14-26-48-46-22-10-12-27-52(46)61(59(45)48)43-20-8-3-9-21-43/h1-37H. The Morgan fingerprint density at radius 3 is 1.71 bits per heavy atom. The molecule has 0 saturated heterocycles. The van der Waals surface area contributed by atoms with Gasteiger partial charge >= 0.3 is 0 Å². The fraction of sp³-hybridized carbons (Fsp3) is 0. The molecular weight excluding hydrogens is 783 g/mol. The molecule has 4 heteroatoms. The molecule has 0 bridgehead atoms. The van der Waals surface area contributed by atoms with Crippen LogP contribution in [-0.2, 0) is 0 Å². The van der Waals surface area contributed by atoms with Gasteiger partial charge in [-0.15, -0.1) is 11.3 Å². The van der Waals surface area contributed by atoms with Gasteiger partial charge in [-0.3, -0.25) is 4.57 Å². The first kappa shape index (κ1) is 35.7. The van der Waals surface area contributed by atoms with E-state index in [9.17, 15) is 0 Å². The topological polar surface area (TPSA) is 22.8 Å². The highest BCUT2D eigenvalue weighted by molar-refractivity contribution is 7.26. The maximum Gasteiger partial charge on any atom is 0.138 e. The molecule has 0 atom stereocenters. The van der Waals surface area contributed by atoms with E-state index in [4.69, 9.17) is 4.98 Å². The Hall–Kier alpha value is -8.05. The van der Waals surface area contributed by atoms with Crippen LogP contribution in [0, 0.1) is 0 Å². The molecule has 0 spiro atoms. The van der Waals surface area contributed by atoms with Crippen molar-refractivity contribution in [2.24, 2.45) is 0 Å². The molecule has 3 nitrogen and oxygen atoms in total. The Morgan fingerprint density at radius 1 is 0.333 bits per heavy atom. The van der Waals surface area contributed by atoms with Crippen LogP contribution in [0.15, 0.2) is 224 Å². The van der Waals surface area contributed by atoms with Gasteiger partial charge in [0.25, 0.3) is 0 Å². The van der Waals surface area contributed by atoms with Crippen LogP contribution in [-0.4, -0.2) is 14.1 Å². The summed E-state index contributed by atoms with van der Waals surface area (Å²) < 4.78 is 7.35. The molecule has 0 aliphatic rings. The number of hydrogen-bond donors (Lipinski definition) is 0. The van der Waals surface area contributed by atoms with Crippen molar-refractivity contribution in [3.8, 4) is 56.1 Å². The van der Waals surface area contributed by atoms with Gasteiger partial charge in [-0.05, 0) is 94.5 Å². The van der Waals surface area contributed by atoms with Crippen LogP contribution in [0.25, 0.3) is 120 Å². The predicted molar refractivity (Wildman–Crippen MR) is 268 cm³/mol. The van der Waals surface area contributed by atoms with E-state index in [1.165, 1.54) is 75.0 Å². The first-order valence-corrected chi connectivity index (χ1v) is 22.3. The first-order chi connectivity index (χ1) is 31.2. The monoisotopic (exact) mass is 819 g/mol. The minimum Gasteiger partial charge on any atom is -0.309 e. The maximum atomic E-state index is 5.37. The molecule has 13 aromatic rings. The second-order valence-electron chi connectivity index (χ2n) is 16.3. The summed E-state index contributed by atoms with van der Waals surface area (Å²) in [5.74, 6) is 0.897. The fourth-order valence-electron chi connectivity index (χ4n) is 9.90. The van der Waals surface area contributed by atoms with E-state index in [0.717, 1.165) is 44.9 Å². The molecule has 0 unspecified atom stereocenters. The zero-order chi connectivity index (χ0) is 41.4. The highest BCUT2D eigenvalue weighted by atomic mass is 32.1. The van der Waals surface area contributed by atoms with Gasteiger partial charge in [0.2, 0.25) is 0 Å². The summed E-state index contributed by atoms with van der Waals surface area (Å²) in [6, 6.07) is 81.5. The summed E-state index contributed by atoms with van der Waals surface area (Å²) in [6.07, 6.45) is 0. The largest absolute Gasteiger partial charge is 0.309 e. The average molecular weight is 820 g/mol. The lowest BCUT2D eigenvalue weighted by Gasteiger charge is -2.13. The molecule has 0 aliphatic heterocycles. The predicted octanol–water partition coefficient (Wildman–Crippen LogP) is 16.3. The normalized spacial score (nSPS) is 11.8. The molecule has 0 fully saturated rings. The van der Waals surface area contributed by atoms with E-state index >= 15 is 0 Å². The highest BCUT2D eigenvalue weighted by Crippen LogP contribution is 2.45. The third kappa shape index (κ3) is 5.69. The minimum atomic E-state index is 0.897. The van der Waals surface area contributed by atoms with Crippen molar-refractivity contribution < 1.29 is 0 Å². The minimum absolute atomic E-state index is 0.897. The first-order valence-electron chi connectivity index (χ1n) is 21.5. The van der Waals surface area contributed by atoms with Crippen molar-refractivity contribution in [2.45, 2.75) is 0 Å². The molecule has 0 N–H and O–H groups in total. The van der Waals surface area contributed by atoms with Gasteiger partial charge in [0.05, 0.1) is 27.8 Å². The van der Waals surface area contributed by atoms with Crippen molar-refractivity contribution in [3.05, 3.63) is 224 Å². The third-order valence-corrected chi connectivity index (χ3v) is 13.9. The SMILES string of the molecule is c1ccc(-c2cc(-c3ccccc3)nc(-n3c4ccccc4c4cc(-c5cccc6sc7ccc(-c8cccc9c%10ccccc%10n(-c%10ccccc%10)c89)cc7c56)ccc43)c2)cc1. The van der Waals surface area contributed by atoms with Gasteiger partial charge in [0.15, 0.2) is 0 Å². The smallest absolute Gasteiger partial charge is 0.138 e. The molecular formula is C59H37N3S. The fourth-order valence-corrected chi connectivity index (χ4v) is 11.0. The Balaban J connectivity index is 1.00. The molecule has 9 aromatic carbocycles. The molecule has 0 amide bonds. The third-order valence-electron chi connectivity index (χ3n) is 12.7. The van der Waals surface area contributed by atoms with Crippen molar-refractivity contribution in [1.82, 2.24) is 14.1 Å². The van der Waals surface area contributed by atoms with E-state index in [0.29, 0.717) is 0 Å². The summed E-state index contributed by atoms with van der Waals surface area (Å²) in [7, 11) is 0. The van der Waals surface area contributed by atoms with Crippen LogP contribution in [0.5, 0.6) is 0 Å². The average Bonchev–Trinajstić information content (AvgIpc) is 4.02. The zero-order valence-corrected chi connectivity index (χ0v) is 34.9. The van der Waals surface area contributed by atoms with E-state index in [2.05, 4.69) is 234 Å². The van der Waals surface area contributed by atoms with Crippen LogP contribution >= 0.6 is 11.3 Å². The number of pyridine rings is 1. The maximum absolute atomic E-state index is 5.37. The summed E-state index contributed by atoms with van der Waals surface area (Å²) in [6.45, 7) is 0. The Morgan fingerprint density at radius 2 is 0.921 bits per heavy atom. The summed E-state index contributed by atoms with van der Waals surface area (Å²) in [4.78, 5) is 5.37. The molecule has 294 valence electrons. The Bertz CT molecular complexity index is 3840. The number of thiophene rings is 1. The van der Waals surface area contributed by atoms with E-state index in [-0.39, 0.29) is 0 Å². The van der Waals surface area contributed by atoms with Crippen molar-refractivity contribution >= 4 is 75.1 Å². The van der Waals surface area contributed by atoms with Crippen LogP contribution in [0.4, 0.5) is 0 Å². The van der Waals surface area contributed by atoms with Crippen LogP contribution in [0.1, 0.15) is 0 Å². The number of fused-ring (bicyclic) bond motifs is 9. The number of hydrogen-bond acceptors (Lipinski definition) is 2. The Labute approximate surface area is 368 Å². The van der Waals surface area contributed by atoms with Crippen molar-refractivity contribution in [2.75, 3.05) is 0 Å². The second kappa shape index (κ2) is 14.3. The van der Waals surface area contributed by atoms with Gasteiger partial charge in [0, 0.05) is 58.5 Å². The van der Waals surface area contributed by atoms with Gasteiger partial charge in [-0.2, -0.15) is 0 Å². The van der Waals surface area contributed by atoms with Gasteiger partial charge in [-0.1, -0.05) is 158 Å². The quantitative estimate of drug-likeness (QED) is 0.164. The van der Waals surface area contributed by atoms with E-state index in [1.54, 1.807) is 0 Å². The number of para-hydroxylation sites is 4. The van der Waals surface area contributed by atoms with Crippen molar-refractivity contribution in [1.29, 1.82) is 0 Å². The van der Waals surface area contributed by atoms with E-state index < -0.39 is 0 Å². The van der Waals surface area contributed by atoms with Crippen LogP contribution < -0.4 is 0 Å². The van der Waals surface area contributed by atoms with Crippen LogP contribution in [0.2, 0.25) is 0 Å². The summed E-state index contributed by atoms with van der Waals surface area (Å²) >= 11 is 1.87. The number of aromatic nitrogens is 3. The van der Waals surface area contributed by atoms with Crippen molar-refractivity contribution in [3.63, 3.8) is 0 Å². The highest BCUT2D eigenvalue weighted by Gasteiger charge is 2.20. The lowest BCUT2D eigenvalue weighted by molar-refractivity contribution is 1.08. The zero-order valence-electron chi connectivity index (χ0n) is 34.1. The number of rotatable bonds is 6. The molecule has 63 heavy (non-hydrogen) atoms. The number of benzene rings is 9. The molecule has 0 radical (unpaired) electrons. The molecule has 13 rings (SSSR count).